The second-order valence-electron chi connectivity index (χ2n) is 7.33. The van der Waals surface area contributed by atoms with Crippen molar-refractivity contribution in [1.82, 2.24) is 4.90 Å². The van der Waals surface area contributed by atoms with Crippen molar-refractivity contribution in [3.63, 3.8) is 0 Å². The van der Waals surface area contributed by atoms with Gasteiger partial charge in [-0.25, -0.2) is 0 Å². The van der Waals surface area contributed by atoms with Crippen LogP contribution in [0.2, 0.25) is 0 Å². The van der Waals surface area contributed by atoms with E-state index in [1.54, 1.807) is 0 Å². The van der Waals surface area contributed by atoms with Crippen LogP contribution in [0.25, 0.3) is 0 Å². The highest BCUT2D eigenvalue weighted by Crippen LogP contribution is 2.22. The maximum atomic E-state index is 12.4. The number of carbonyl (C=O) groups excluding carboxylic acids is 1. The standard InChI is InChI=1S/C20H33N3O2/c1-5-23(15(2)3)18-10-8-17(9-11-18)21-20(25)14-22-12-6-7-19(22)13-16(4)24/h8-11,15-16,19,24H,5-7,12-14H2,1-4H3,(H,21,25). The first-order valence-corrected chi connectivity index (χ1v) is 9.49. The SMILES string of the molecule is CCN(c1ccc(NC(=O)CN2CCCC2CC(C)O)cc1)C(C)C. The highest BCUT2D eigenvalue weighted by molar-refractivity contribution is 5.92. The average molecular weight is 348 g/mol. The van der Waals surface area contributed by atoms with Gasteiger partial charge < -0.3 is 15.3 Å². The number of rotatable bonds is 8. The zero-order chi connectivity index (χ0) is 18.4. The van der Waals surface area contributed by atoms with E-state index in [0.29, 0.717) is 18.6 Å². The minimum absolute atomic E-state index is 0.0152. The smallest absolute Gasteiger partial charge is 0.238 e. The monoisotopic (exact) mass is 347 g/mol. The third-order valence-electron chi connectivity index (χ3n) is 4.91. The van der Waals surface area contributed by atoms with E-state index in [4.69, 9.17) is 0 Å². The van der Waals surface area contributed by atoms with Crippen molar-refractivity contribution in [3.05, 3.63) is 24.3 Å². The number of amides is 1. The Hall–Kier alpha value is -1.59. The number of hydrogen-bond acceptors (Lipinski definition) is 4. The number of nitrogens with one attached hydrogen (secondary N) is 1. The van der Waals surface area contributed by atoms with Crippen molar-refractivity contribution < 1.29 is 9.90 Å². The molecule has 1 aliphatic heterocycles. The number of benzene rings is 1. The first-order chi connectivity index (χ1) is 11.9. The Bertz CT molecular complexity index is 542. The van der Waals surface area contributed by atoms with Crippen LogP contribution in [-0.4, -0.2) is 53.7 Å². The minimum atomic E-state index is -0.316. The van der Waals surface area contributed by atoms with Crippen molar-refractivity contribution in [2.75, 3.05) is 29.9 Å². The summed E-state index contributed by atoms with van der Waals surface area (Å²) in [5.41, 5.74) is 2.01. The van der Waals surface area contributed by atoms with Gasteiger partial charge in [0.2, 0.25) is 5.91 Å². The van der Waals surface area contributed by atoms with Crippen LogP contribution in [0.15, 0.2) is 24.3 Å². The fourth-order valence-electron chi connectivity index (χ4n) is 3.73. The highest BCUT2D eigenvalue weighted by atomic mass is 16.3. The van der Waals surface area contributed by atoms with E-state index in [1.165, 1.54) is 5.69 Å². The lowest BCUT2D eigenvalue weighted by molar-refractivity contribution is -0.117. The maximum absolute atomic E-state index is 12.4. The summed E-state index contributed by atoms with van der Waals surface area (Å²) in [5.74, 6) is 0.0152. The summed E-state index contributed by atoms with van der Waals surface area (Å²) in [6.07, 6.45) is 2.59. The summed E-state index contributed by atoms with van der Waals surface area (Å²) < 4.78 is 0. The van der Waals surface area contributed by atoms with Gasteiger partial charge in [-0.2, -0.15) is 0 Å². The lowest BCUT2D eigenvalue weighted by Crippen LogP contribution is -2.38. The number of nitrogens with zero attached hydrogens (tertiary/aromatic N) is 2. The van der Waals surface area contributed by atoms with Crippen LogP contribution in [-0.2, 0) is 4.79 Å². The zero-order valence-corrected chi connectivity index (χ0v) is 16.0. The van der Waals surface area contributed by atoms with Crippen LogP contribution in [0.5, 0.6) is 0 Å². The molecule has 1 heterocycles. The Morgan fingerprint density at radius 2 is 2.00 bits per heavy atom. The third-order valence-corrected chi connectivity index (χ3v) is 4.91. The van der Waals surface area contributed by atoms with E-state index in [-0.39, 0.29) is 12.0 Å². The molecule has 0 saturated carbocycles. The van der Waals surface area contributed by atoms with E-state index in [9.17, 15) is 9.90 Å². The molecule has 140 valence electrons. The number of carbonyl (C=O) groups is 1. The van der Waals surface area contributed by atoms with Gasteiger partial charge in [-0.3, -0.25) is 9.69 Å². The molecule has 1 aromatic rings. The average Bonchev–Trinajstić information content (AvgIpc) is 2.95. The zero-order valence-electron chi connectivity index (χ0n) is 16.0. The van der Waals surface area contributed by atoms with Crippen molar-refractivity contribution in [2.24, 2.45) is 0 Å². The van der Waals surface area contributed by atoms with Crippen LogP contribution in [0, 0.1) is 0 Å². The predicted octanol–water partition coefficient (Wildman–Crippen LogP) is 3.10. The van der Waals surface area contributed by atoms with Gasteiger partial charge in [-0.1, -0.05) is 0 Å². The second-order valence-corrected chi connectivity index (χ2v) is 7.33. The van der Waals surface area contributed by atoms with Crippen molar-refractivity contribution >= 4 is 17.3 Å². The summed E-state index contributed by atoms with van der Waals surface area (Å²) in [5, 5.41) is 12.6. The van der Waals surface area contributed by atoms with Gasteiger partial charge in [0.25, 0.3) is 0 Å². The summed E-state index contributed by atoms with van der Waals surface area (Å²) in [4.78, 5) is 16.9. The molecule has 0 spiro atoms. The Labute approximate surface area is 152 Å². The largest absolute Gasteiger partial charge is 0.393 e. The van der Waals surface area contributed by atoms with Gasteiger partial charge in [0.15, 0.2) is 0 Å². The molecule has 2 rings (SSSR count). The molecule has 0 aromatic heterocycles. The van der Waals surface area contributed by atoms with Gasteiger partial charge >= 0.3 is 0 Å². The Kier molecular flexibility index (Phi) is 7.26. The second kappa shape index (κ2) is 9.20. The molecular formula is C20H33N3O2. The minimum Gasteiger partial charge on any atom is -0.393 e. The van der Waals surface area contributed by atoms with E-state index >= 15 is 0 Å². The van der Waals surface area contributed by atoms with E-state index in [1.807, 2.05) is 19.1 Å². The van der Waals surface area contributed by atoms with Gasteiger partial charge in [-0.15, -0.1) is 0 Å². The summed E-state index contributed by atoms with van der Waals surface area (Å²) in [6, 6.07) is 8.82. The highest BCUT2D eigenvalue weighted by Gasteiger charge is 2.27. The lowest BCUT2D eigenvalue weighted by Gasteiger charge is -2.27. The molecule has 2 atom stereocenters. The first kappa shape index (κ1) is 19.7. The summed E-state index contributed by atoms with van der Waals surface area (Å²) in [6.45, 7) is 10.6. The van der Waals surface area contributed by atoms with Crippen LogP contribution in [0.3, 0.4) is 0 Å². The molecule has 0 aliphatic carbocycles. The molecule has 2 N–H and O–H groups in total. The van der Waals surface area contributed by atoms with E-state index in [0.717, 1.165) is 38.0 Å². The number of aliphatic hydroxyl groups is 1. The third kappa shape index (κ3) is 5.72. The van der Waals surface area contributed by atoms with Crippen LogP contribution >= 0.6 is 0 Å². The Morgan fingerprint density at radius 1 is 1.32 bits per heavy atom. The van der Waals surface area contributed by atoms with Crippen molar-refractivity contribution in [1.29, 1.82) is 0 Å². The van der Waals surface area contributed by atoms with Gasteiger partial charge in [-0.05, 0) is 77.8 Å². The molecule has 1 saturated heterocycles. The molecular weight excluding hydrogens is 314 g/mol. The van der Waals surface area contributed by atoms with E-state index < -0.39 is 0 Å². The molecule has 5 nitrogen and oxygen atoms in total. The molecule has 0 radical (unpaired) electrons. The van der Waals surface area contributed by atoms with Gasteiger partial charge in [0, 0.05) is 30.0 Å². The maximum Gasteiger partial charge on any atom is 0.238 e. The number of aliphatic hydroxyl groups excluding tert-OH is 1. The fourth-order valence-corrected chi connectivity index (χ4v) is 3.73. The molecule has 1 aliphatic rings. The summed E-state index contributed by atoms with van der Waals surface area (Å²) in [7, 11) is 0. The molecule has 25 heavy (non-hydrogen) atoms. The fraction of sp³-hybridized carbons (Fsp3) is 0.650. The first-order valence-electron chi connectivity index (χ1n) is 9.49. The number of hydrogen-bond donors (Lipinski definition) is 2. The quantitative estimate of drug-likeness (QED) is 0.759. The molecule has 1 fully saturated rings. The molecule has 1 aromatic carbocycles. The topological polar surface area (TPSA) is 55.8 Å². The number of likely N-dealkylation sites (tertiary alicyclic amines) is 1. The van der Waals surface area contributed by atoms with Crippen molar-refractivity contribution in [2.45, 2.75) is 65.1 Å². The lowest BCUT2D eigenvalue weighted by atomic mass is 10.1. The van der Waals surface area contributed by atoms with E-state index in [2.05, 4.69) is 48.0 Å². The molecule has 2 unspecified atom stereocenters. The number of anilines is 2. The molecule has 1 amide bonds. The Balaban J connectivity index is 1.90. The molecule has 5 heteroatoms. The van der Waals surface area contributed by atoms with Crippen LogP contribution in [0.1, 0.15) is 47.0 Å². The predicted molar refractivity (Wildman–Crippen MR) is 104 cm³/mol. The van der Waals surface area contributed by atoms with Gasteiger partial charge in [0.1, 0.15) is 0 Å². The van der Waals surface area contributed by atoms with Crippen LogP contribution in [0.4, 0.5) is 11.4 Å². The van der Waals surface area contributed by atoms with Gasteiger partial charge in [0.05, 0.1) is 12.6 Å². The summed E-state index contributed by atoms with van der Waals surface area (Å²) >= 11 is 0. The normalized spacial score (nSPS) is 19.2. The molecule has 0 bridgehead atoms. The van der Waals surface area contributed by atoms with Crippen LogP contribution < -0.4 is 10.2 Å². The Morgan fingerprint density at radius 3 is 2.56 bits per heavy atom. The van der Waals surface area contributed by atoms with Crippen molar-refractivity contribution in [3.8, 4) is 0 Å².